The van der Waals surface area contributed by atoms with E-state index in [1.807, 2.05) is 0 Å². The van der Waals surface area contributed by atoms with Crippen LogP contribution in [0.3, 0.4) is 0 Å². The van der Waals surface area contributed by atoms with E-state index in [0.717, 1.165) is 18.9 Å². The average molecular weight is 349 g/mol. The van der Waals surface area contributed by atoms with Crippen LogP contribution in [0.2, 0.25) is 0 Å². The highest BCUT2D eigenvalue weighted by molar-refractivity contribution is 7.89. The number of carboxylic acids is 1. The highest BCUT2D eigenvalue weighted by atomic mass is 32.2. The molecule has 1 aliphatic heterocycles. The van der Waals surface area contributed by atoms with Crippen molar-refractivity contribution in [2.24, 2.45) is 0 Å². The molecule has 0 amide bonds. The molecular weight excluding hydrogens is 333 g/mol. The van der Waals surface area contributed by atoms with Gasteiger partial charge in [-0.05, 0) is 48.7 Å². The van der Waals surface area contributed by atoms with Crippen molar-refractivity contribution in [3.05, 3.63) is 53.8 Å². The molecule has 1 saturated heterocycles. The van der Waals surface area contributed by atoms with E-state index in [4.69, 9.17) is 5.11 Å². The minimum absolute atomic E-state index is 0.0563. The fraction of sp³-hybridized carbons (Fsp3) is 0.235. The Hall–Kier alpha value is -2.25. The molecule has 0 spiro atoms. The molecule has 1 N–H and O–H groups in total. The van der Waals surface area contributed by atoms with Gasteiger partial charge in [0.05, 0.1) is 10.5 Å². The van der Waals surface area contributed by atoms with Crippen molar-refractivity contribution in [1.29, 1.82) is 0 Å². The van der Waals surface area contributed by atoms with Crippen molar-refractivity contribution in [2.45, 2.75) is 17.7 Å². The monoisotopic (exact) mass is 349 g/mol. The molecule has 0 aliphatic carbocycles. The number of carboxylic acid groups (broad SMARTS) is 1. The van der Waals surface area contributed by atoms with Crippen LogP contribution >= 0.6 is 0 Å². The van der Waals surface area contributed by atoms with Crippen molar-refractivity contribution in [3.63, 3.8) is 0 Å². The Kier molecular flexibility index (Phi) is 4.38. The molecule has 1 heterocycles. The quantitative estimate of drug-likeness (QED) is 0.921. The molecule has 1 aliphatic rings. The SMILES string of the molecule is O=C(O)c1ccc(F)c(-c2cccc(S(=O)(=O)N3CCCC3)c2)c1. The molecule has 0 bridgehead atoms. The molecule has 0 atom stereocenters. The van der Waals surface area contributed by atoms with E-state index in [-0.39, 0.29) is 16.0 Å². The van der Waals surface area contributed by atoms with E-state index >= 15 is 0 Å². The Balaban J connectivity index is 2.05. The second kappa shape index (κ2) is 6.33. The summed E-state index contributed by atoms with van der Waals surface area (Å²) < 4.78 is 40.7. The fourth-order valence-corrected chi connectivity index (χ4v) is 4.34. The predicted molar refractivity (Wildman–Crippen MR) is 86.8 cm³/mol. The lowest BCUT2D eigenvalue weighted by molar-refractivity contribution is 0.0697. The number of hydrogen-bond donors (Lipinski definition) is 1. The Morgan fingerprint density at radius 3 is 2.46 bits per heavy atom. The molecule has 126 valence electrons. The van der Waals surface area contributed by atoms with E-state index in [9.17, 15) is 17.6 Å². The lowest BCUT2D eigenvalue weighted by Gasteiger charge is -2.16. The second-order valence-corrected chi connectivity index (χ2v) is 7.58. The standard InChI is InChI=1S/C17H16FNO4S/c18-16-7-6-13(17(20)21)11-15(16)12-4-3-5-14(10-12)24(22,23)19-8-1-2-9-19/h3-7,10-11H,1-2,8-9H2,(H,20,21). The first-order valence-electron chi connectivity index (χ1n) is 7.53. The van der Waals surface area contributed by atoms with E-state index in [1.54, 1.807) is 6.07 Å². The molecule has 2 aromatic carbocycles. The van der Waals surface area contributed by atoms with Crippen molar-refractivity contribution in [3.8, 4) is 11.1 Å². The van der Waals surface area contributed by atoms with Crippen LogP contribution in [0.15, 0.2) is 47.4 Å². The van der Waals surface area contributed by atoms with Crippen LogP contribution in [0.4, 0.5) is 4.39 Å². The second-order valence-electron chi connectivity index (χ2n) is 5.64. The average Bonchev–Trinajstić information content (AvgIpc) is 3.10. The van der Waals surface area contributed by atoms with Crippen molar-refractivity contribution < 1.29 is 22.7 Å². The van der Waals surface area contributed by atoms with E-state index in [2.05, 4.69) is 0 Å². The Bertz CT molecular complexity index is 889. The van der Waals surface area contributed by atoms with Crippen LogP contribution < -0.4 is 0 Å². The molecular formula is C17H16FNO4S. The van der Waals surface area contributed by atoms with Gasteiger partial charge in [-0.1, -0.05) is 12.1 Å². The van der Waals surface area contributed by atoms with Gasteiger partial charge < -0.3 is 5.11 Å². The number of halogens is 1. The first kappa shape index (κ1) is 16.6. The van der Waals surface area contributed by atoms with Crippen LogP contribution in [0.5, 0.6) is 0 Å². The van der Waals surface area contributed by atoms with Gasteiger partial charge in [-0.25, -0.2) is 17.6 Å². The van der Waals surface area contributed by atoms with Crippen molar-refractivity contribution >= 4 is 16.0 Å². The third kappa shape index (κ3) is 3.05. The van der Waals surface area contributed by atoms with Gasteiger partial charge in [-0.2, -0.15) is 4.31 Å². The van der Waals surface area contributed by atoms with Crippen LogP contribution in [-0.4, -0.2) is 36.9 Å². The minimum atomic E-state index is -3.61. The number of rotatable bonds is 4. The number of aromatic carboxylic acids is 1. The molecule has 0 unspecified atom stereocenters. The number of carbonyl (C=O) groups is 1. The summed E-state index contributed by atoms with van der Waals surface area (Å²) in [6.45, 7) is 0.963. The third-order valence-electron chi connectivity index (χ3n) is 4.06. The largest absolute Gasteiger partial charge is 0.478 e. The normalized spacial score (nSPS) is 15.5. The number of hydrogen-bond acceptors (Lipinski definition) is 3. The fourth-order valence-electron chi connectivity index (χ4n) is 2.78. The molecule has 24 heavy (non-hydrogen) atoms. The minimum Gasteiger partial charge on any atom is -0.478 e. The molecule has 1 fully saturated rings. The van der Waals surface area contributed by atoms with E-state index in [0.29, 0.717) is 18.7 Å². The van der Waals surface area contributed by atoms with Gasteiger partial charge in [0.1, 0.15) is 5.82 Å². The summed E-state index contributed by atoms with van der Waals surface area (Å²) in [5, 5.41) is 9.05. The lowest BCUT2D eigenvalue weighted by atomic mass is 10.0. The zero-order valence-electron chi connectivity index (χ0n) is 12.8. The van der Waals surface area contributed by atoms with Gasteiger partial charge in [-0.15, -0.1) is 0 Å². The summed E-state index contributed by atoms with van der Waals surface area (Å²) >= 11 is 0. The smallest absolute Gasteiger partial charge is 0.335 e. The zero-order valence-corrected chi connectivity index (χ0v) is 13.6. The van der Waals surface area contributed by atoms with Crippen molar-refractivity contribution in [2.75, 3.05) is 13.1 Å². The summed E-state index contributed by atoms with van der Waals surface area (Å²) in [5.41, 5.74) is 0.337. The van der Waals surface area contributed by atoms with Crippen molar-refractivity contribution in [1.82, 2.24) is 4.31 Å². The Labute approximate surface area is 139 Å². The van der Waals surface area contributed by atoms with Gasteiger partial charge in [0.15, 0.2) is 0 Å². The molecule has 5 nitrogen and oxygen atoms in total. The molecule has 2 aromatic rings. The molecule has 3 rings (SSSR count). The molecule has 0 aromatic heterocycles. The van der Waals surface area contributed by atoms with Crippen LogP contribution in [0.25, 0.3) is 11.1 Å². The van der Waals surface area contributed by atoms with Gasteiger partial charge in [0, 0.05) is 18.7 Å². The van der Waals surface area contributed by atoms with Gasteiger partial charge in [0.2, 0.25) is 10.0 Å². The highest BCUT2D eigenvalue weighted by Gasteiger charge is 2.27. The summed E-state index contributed by atoms with van der Waals surface area (Å²) in [4.78, 5) is 11.2. The number of benzene rings is 2. The number of sulfonamides is 1. The van der Waals surface area contributed by atoms with Crippen LogP contribution in [0.1, 0.15) is 23.2 Å². The van der Waals surface area contributed by atoms with Gasteiger partial charge >= 0.3 is 5.97 Å². The predicted octanol–water partition coefficient (Wildman–Crippen LogP) is 2.98. The first-order valence-corrected chi connectivity index (χ1v) is 8.97. The topological polar surface area (TPSA) is 74.7 Å². The molecule has 0 saturated carbocycles. The van der Waals surface area contributed by atoms with Crippen LogP contribution in [-0.2, 0) is 10.0 Å². The first-order chi connectivity index (χ1) is 11.4. The maximum atomic E-state index is 14.1. The Morgan fingerprint density at radius 1 is 1.08 bits per heavy atom. The van der Waals surface area contributed by atoms with Gasteiger partial charge in [0.25, 0.3) is 0 Å². The number of nitrogens with zero attached hydrogens (tertiary/aromatic N) is 1. The van der Waals surface area contributed by atoms with Gasteiger partial charge in [-0.3, -0.25) is 0 Å². The summed E-state index contributed by atoms with van der Waals surface area (Å²) in [5.74, 6) is -1.77. The Morgan fingerprint density at radius 2 is 1.79 bits per heavy atom. The zero-order chi connectivity index (χ0) is 17.3. The lowest BCUT2D eigenvalue weighted by Crippen LogP contribution is -2.27. The maximum absolute atomic E-state index is 14.1. The highest BCUT2D eigenvalue weighted by Crippen LogP contribution is 2.28. The summed E-state index contributed by atoms with van der Waals surface area (Å²) in [6.07, 6.45) is 1.66. The van der Waals surface area contributed by atoms with E-state index < -0.39 is 21.8 Å². The molecule has 0 radical (unpaired) electrons. The third-order valence-corrected chi connectivity index (χ3v) is 5.96. The van der Waals surface area contributed by atoms with E-state index in [1.165, 1.54) is 34.6 Å². The molecule has 7 heteroatoms. The summed E-state index contributed by atoms with van der Waals surface area (Å²) in [7, 11) is -3.61. The maximum Gasteiger partial charge on any atom is 0.335 e. The van der Waals surface area contributed by atoms with Crippen LogP contribution in [0, 0.1) is 5.82 Å². The summed E-state index contributed by atoms with van der Waals surface area (Å²) in [6, 6.07) is 9.40.